The van der Waals surface area contributed by atoms with E-state index in [2.05, 4.69) is 106 Å². The van der Waals surface area contributed by atoms with Crippen LogP contribution in [-0.4, -0.2) is 37.2 Å². The zero-order valence-electron chi connectivity index (χ0n) is 51.0. The van der Waals surface area contributed by atoms with E-state index in [9.17, 15) is 14.4 Å². The van der Waals surface area contributed by atoms with Crippen molar-refractivity contribution in [1.29, 1.82) is 0 Å². The SMILES string of the molecule is CC/C=C\C/C=C\C/C=C\C/C=C\C/C=C\CCCC(=O)OCC(COC(=O)CCCCCCCCCCCCCCCCCCCCCCCCC)OC(=O)CCCCCCCCCCC/C=C\C/C=C\CCCCC. The zero-order valence-corrected chi connectivity index (χ0v) is 51.0. The minimum Gasteiger partial charge on any atom is -0.462 e. The fourth-order valence-corrected chi connectivity index (χ4v) is 9.45. The van der Waals surface area contributed by atoms with Crippen molar-refractivity contribution in [2.24, 2.45) is 0 Å². The maximum absolute atomic E-state index is 12.9. The Morgan fingerprint density at radius 3 is 0.870 bits per heavy atom. The third-order valence-electron chi connectivity index (χ3n) is 14.4. The quantitative estimate of drug-likeness (QED) is 0.0261. The summed E-state index contributed by atoms with van der Waals surface area (Å²) >= 11 is 0. The molecule has 6 heteroatoms. The molecule has 0 aliphatic heterocycles. The van der Waals surface area contributed by atoms with Gasteiger partial charge in [-0.2, -0.15) is 0 Å². The van der Waals surface area contributed by atoms with Crippen molar-refractivity contribution >= 4 is 17.9 Å². The average Bonchev–Trinajstić information content (AvgIpc) is 3.43. The molecule has 0 rings (SSSR count). The second-order valence-corrected chi connectivity index (χ2v) is 22.0. The topological polar surface area (TPSA) is 78.9 Å². The lowest BCUT2D eigenvalue weighted by molar-refractivity contribution is -0.167. The number of allylic oxidation sites excluding steroid dienone is 14. The number of hydrogen-bond acceptors (Lipinski definition) is 6. The van der Waals surface area contributed by atoms with Gasteiger partial charge < -0.3 is 14.2 Å². The van der Waals surface area contributed by atoms with Crippen LogP contribution in [0.25, 0.3) is 0 Å². The van der Waals surface area contributed by atoms with E-state index in [-0.39, 0.29) is 37.5 Å². The van der Waals surface area contributed by atoms with Gasteiger partial charge in [0.05, 0.1) is 0 Å². The highest BCUT2D eigenvalue weighted by molar-refractivity contribution is 5.71. The van der Waals surface area contributed by atoms with Crippen LogP contribution >= 0.6 is 0 Å². The van der Waals surface area contributed by atoms with E-state index in [1.165, 1.54) is 199 Å². The molecule has 0 saturated heterocycles. The van der Waals surface area contributed by atoms with Crippen molar-refractivity contribution < 1.29 is 28.6 Å². The van der Waals surface area contributed by atoms with E-state index in [0.29, 0.717) is 19.3 Å². The van der Waals surface area contributed by atoms with Gasteiger partial charge in [0.15, 0.2) is 6.10 Å². The summed E-state index contributed by atoms with van der Waals surface area (Å²) in [7, 11) is 0. The molecule has 0 saturated carbocycles. The Morgan fingerprint density at radius 1 is 0.273 bits per heavy atom. The molecule has 444 valence electrons. The summed E-state index contributed by atoms with van der Waals surface area (Å²) in [5.41, 5.74) is 0. The molecule has 0 N–H and O–H groups in total. The second kappa shape index (κ2) is 65.1. The molecule has 77 heavy (non-hydrogen) atoms. The Balaban J connectivity index is 4.39. The number of hydrogen-bond donors (Lipinski definition) is 0. The van der Waals surface area contributed by atoms with E-state index in [1.54, 1.807) is 0 Å². The molecule has 6 nitrogen and oxygen atoms in total. The Kier molecular flexibility index (Phi) is 62.2. The molecule has 0 heterocycles. The third kappa shape index (κ3) is 63.3. The smallest absolute Gasteiger partial charge is 0.306 e. The van der Waals surface area contributed by atoms with Gasteiger partial charge in [-0.15, -0.1) is 0 Å². The highest BCUT2D eigenvalue weighted by Gasteiger charge is 2.19. The molecule has 0 bridgehead atoms. The minimum absolute atomic E-state index is 0.0932. The van der Waals surface area contributed by atoms with E-state index < -0.39 is 6.10 Å². The number of rotatable bonds is 60. The van der Waals surface area contributed by atoms with Crippen molar-refractivity contribution in [3.05, 3.63) is 85.1 Å². The van der Waals surface area contributed by atoms with Crippen molar-refractivity contribution in [2.75, 3.05) is 13.2 Å². The Labute approximate surface area is 477 Å². The average molecular weight is 1070 g/mol. The molecule has 0 aromatic rings. The van der Waals surface area contributed by atoms with Crippen LogP contribution in [0.1, 0.15) is 329 Å². The molecule has 0 aliphatic carbocycles. The Bertz CT molecular complexity index is 1470. The molecule has 0 amide bonds. The number of carbonyl (C=O) groups excluding carboxylic acids is 3. The highest BCUT2D eigenvalue weighted by atomic mass is 16.6. The molecule has 0 aromatic heterocycles. The van der Waals surface area contributed by atoms with Crippen LogP contribution in [0, 0.1) is 0 Å². The van der Waals surface area contributed by atoms with Crippen LogP contribution < -0.4 is 0 Å². The lowest BCUT2D eigenvalue weighted by Gasteiger charge is -2.18. The number of unbranched alkanes of at least 4 members (excludes halogenated alkanes) is 35. The van der Waals surface area contributed by atoms with Gasteiger partial charge in [0.1, 0.15) is 13.2 Å². The van der Waals surface area contributed by atoms with E-state index in [0.717, 1.165) is 83.5 Å². The van der Waals surface area contributed by atoms with Crippen LogP contribution in [0.3, 0.4) is 0 Å². The van der Waals surface area contributed by atoms with E-state index in [1.807, 2.05) is 0 Å². The molecule has 0 fully saturated rings. The second-order valence-electron chi connectivity index (χ2n) is 22.0. The first-order valence-electron chi connectivity index (χ1n) is 33.1. The van der Waals surface area contributed by atoms with Gasteiger partial charge in [-0.3, -0.25) is 14.4 Å². The first kappa shape index (κ1) is 73.6. The van der Waals surface area contributed by atoms with E-state index >= 15 is 0 Å². The van der Waals surface area contributed by atoms with Crippen molar-refractivity contribution in [2.45, 2.75) is 335 Å². The third-order valence-corrected chi connectivity index (χ3v) is 14.4. The van der Waals surface area contributed by atoms with Gasteiger partial charge in [0, 0.05) is 19.3 Å². The van der Waals surface area contributed by atoms with Crippen LogP contribution in [0.5, 0.6) is 0 Å². The standard InChI is InChI=1S/C71H124O6/c1-4-7-10-13-16-19-22-25-28-31-33-34-35-36-38-40-43-46-49-52-55-58-61-64-70(73)76-67-68(66-75-69(72)63-60-57-54-51-48-45-42-39-30-27-24-21-18-15-12-9-6-3)77-71(74)65-62-59-56-53-50-47-44-41-37-32-29-26-23-20-17-14-11-8-5-2/h9,12,17-18,20-21,26-27,29-30,42,45,51,54,68H,4-8,10-11,13-16,19,22-25,28,31-41,43-44,46-50,52-53,55-67H2,1-3H3/b12-9-,20-17-,21-18-,29-26-,30-27-,45-42-,54-51-. The first-order chi connectivity index (χ1) is 38.0. The summed E-state index contributed by atoms with van der Waals surface area (Å²) in [6, 6.07) is 0. The molecular weight excluding hydrogens is 949 g/mol. The minimum atomic E-state index is -0.802. The number of carbonyl (C=O) groups is 3. The summed E-state index contributed by atoms with van der Waals surface area (Å²) in [6.45, 7) is 6.50. The lowest BCUT2D eigenvalue weighted by atomic mass is 10.0. The lowest BCUT2D eigenvalue weighted by Crippen LogP contribution is -2.30. The molecule has 0 radical (unpaired) electrons. The first-order valence-corrected chi connectivity index (χ1v) is 33.1. The molecule has 0 spiro atoms. The number of ether oxygens (including phenoxy) is 3. The summed E-state index contributed by atoms with van der Waals surface area (Å²) < 4.78 is 16.9. The van der Waals surface area contributed by atoms with Crippen LogP contribution in [0.2, 0.25) is 0 Å². The van der Waals surface area contributed by atoms with Crippen molar-refractivity contribution in [3.63, 3.8) is 0 Å². The van der Waals surface area contributed by atoms with Gasteiger partial charge in [0.25, 0.3) is 0 Å². The van der Waals surface area contributed by atoms with Crippen molar-refractivity contribution in [1.82, 2.24) is 0 Å². The van der Waals surface area contributed by atoms with Gasteiger partial charge in [-0.1, -0.05) is 305 Å². The summed E-state index contributed by atoms with van der Waals surface area (Å²) in [5.74, 6) is -0.943. The van der Waals surface area contributed by atoms with E-state index in [4.69, 9.17) is 14.2 Å². The predicted octanol–water partition coefficient (Wildman–Crippen LogP) is 22.7. The van der Waals surface area contributed by atoms with Gasteiger partial charge in [-0.05, 0) is 89.9 Å². The van der Waals surface area contributed by atoms with Crippen LogP contribution in [0.15, 0.2) is 85.1 Å². The Hall–Kier alpha value is -3.41. The van der Waals surface area contributed by atoms with Gasteiger partial charge in [0.2, 0.25) is 0 Å². The van der Waals surface area contributed by atoms with Gasteiger partial charge >= 0.3 is 17.9 Å². The molecule has 1 unspecified atom stereocenters. The predicted molar refractivity (Wildman–Crippen MR) is 334 cm³/mol. The van der Waals surface area contributed by atoms with Crippen LogP contribution in [-0.2, 0) is 28.6 Å². The fourth-order valence-electron chi connectivity index (χ4n) is 9.45. The summed E-state index contributed by atoms with van der Waals surface area (Å²) in [5, 5.41) is 0. The zero-order chi connectivity index (χ0) is 55.7. The van der Waals surface area contributed by atoms with Gasteiger partial charge in [-0.25, -0.2) is 0 Å². The molecule has 1 atom stereocenters. The molecule has 0 aromatic carbocycles. The summed E-state index contributed by atoms with van der Waals surface area (Å²) in [6.07, 6.45) is 86.0. The Morgan fingerprint density at radius 2 is 0.519 bits per heavy atom. The monoisotopic (exact) mass is 1070 g/mol. The molecule has 0 aliphatic rings. The van der Waals surface area contributed by atoms with Crippen molar-refractivity contribution in [3.8, 4) is 0 Å². The number of esters is 3. The summed E-state index contributed by atoms with van der Waals surface area (Å²) in [4.78, 5) is 38.4. The largest absolute Gasteiger partial charge is 0.462 e. The van der Waals surface area contributed by atoms with Crippen LogP contribution in [0.4, 0.5) is 0 Å². The normalized spacial score (nSPS) is 12.6. The maximum atomic E-state index is 12.9. The molecular formula is C71H124O6. The maximum Gasteiger partial charge on any atom is 0.306 e. The fraction of sp³-hybridized carbons (Fsp3) is 0.761. The highest BCUT2D eigenvalue weighted by Crippen LogP contribution is 2.17.